The summed E-state index contributed by atoms with van der Waals surface area (Å²) >= 11 is 0. The first-order chi connectivity index (χ1) is 15.4. The van der Waals surface area contributed by atoms with Gasteiger partial charge in [0.25, 0.3) is 5.91 Å². The molecule has 0 aliphatic rings. The zero-order valence-electron chi connectivity index (χ0n) is 17.9. The average molecular weight is 431 g/mol. The molecule has 0 aliphatic carbocycles. The molecular formula is C26H23F2N3O. The van der Waals surface area contributed by atoms with Crippen molar-refractivity contribution in [1.29, 1.82) is 0 Å². The van der Waals surface area contributed by atoms with Crippen molar-refractivity contribution < 1.29 is 13.6 Å². The lowest BCUT2D eigenvalue weighted by atomic mass is 10.0. The van der Waals surface area contributed by atoms with Gasteiger partial charge in [0.2, 0.25) is 0 Å². The van der Waals surface area contributed by atoms with Crippen molar-refractivity contribution in [3.63, 3.8) is 0 Å². The molecule has 3 aromatic carbocycles. The van der Waals surface area contributed by atoms with E-state index in [4.69, 9.17) is 9.97 Å². The number of amides is 1. The molecule has 0 saturated carbocycles. The quantitative estimate of drug-likeness (QED) is 0.406. The monoisotopic (exact) mass is 431 g/mol. The topological polar surface area (TPSA) is 54.9 Å². The number of hydrogen-bond acceptors (Lipinski definition) is 3. The molecular weight excluding hydrogens is 408 g/mol. The Morgan fingerprint density at radius 2 is 1.34 bits per heavy atom. The van der Waals surface area contributed by atoms with Crippen LogP contribution in [0.2, 0.25) is 0 Å². The first-order valence-electron chi connectivity index (χ1n) is 10.5. The number of nitrogens with one attached hydrogen (secondary N) is 1. The van der Waals surface area contributed by atoms with Gasteiger partial charge in [-0.05, 0) is 79.1 Å². The van der Waals surface area contributed by atoms with Crippen LogP contribution in [0.3, 0.4) is 0 Å². The van der Waals surface area contributed by atoms with E-state index in [1.807, 2.05) is 0 Å². The van der Waals surface area contributed by atoms with E-state index in [2.05, 4.69) is 19.2 Å². The molecule has 1 N–H and O–H groups in total. The summed E-state index contributed by atoms with van der Waals surface area (Å²) in [5, 5.41) is 2.93. The molecule has 0 spiro atoms. The average Bonchev–Trinajstić information content (AvgIpc) is 2.78. The van der Waals surface area contributed by atoms with Crippen molar-refractivity contribution in [2.45, 2.75) is 20.3 Å². The first-order valence-corrected chi connectivity index (χ1v) is 10.5. The van der Waals surface area contributed by atoms with Gasteiger partial charge in [-0.3, -0.25) is 4.79 Å². The molecule has 4 aromatic rings. The number of rotatable bonds is 6. The minimum Gasteiger partial charge on any atom is -0.352 e. The molecule has 0 aliphatic heterocycles. The maximum absolute atomic E-state index is 13.5. The van der Waals surface area contributed by atoms with Gasteiger partial charge in [0.15, 0.2) is 0 Å². The van der Waals surface area contributed by atoms with Gasteiger partial charge < -0.3 is 5.32 Å². The first kappa shape index (κ1) is 21.6. The minimum absolute atomic E-state index is 0.166. The molecule has 1 heterocycles. The highest BCUT2D eigenvalue weighted by atomic mass is 19.1. The Morgan fingerprint density at radius 3 is 1.88 bits per heavy atom. The summed E-state index contributed by atoms with van der Waals surface area (Å²) < 4.78 is 27.0. The second-order valence-corrected chi connectivity index (χ2v) is 8.08. The van der Waals surface area contributed by atoms with E-state index in [1.165, 1.54) is 24.3 Å². The van der Waals surface area contributed by atoms with Gasteiger partial charge in [0.1, 0.15) is 11.6 Å². The Hall–Kier alpha value is -3.67. The molecule has 32 heavy (non-hydrogen) atoms. The highest BCUT2D eigenvalue weighted by Gasteiger charge is 2.15. The van der Waals surface area contributed by atoms with Crippen molar-refractivity contribution in [3.05, 3.63) is 83.9 Å². The molecule has 1 aromatic heterocycles. The number of nitrogens with zero attached hydrogens (tertiary/aromatic N) is 2. The van der Waals surface area contributed by atoms with Gasteiger partial charge >= 0.3 is 0 Å². The Balaban J connectivity index is 1.79. The molecule has 0 radical (unpaired) electrons. The van der Waals surface area contributed by atoms with Crippen LogP contribution in [0.5, 0.6) is 0 Å². The third-order valence-corrected chi connectivity index (χ3v) is 5.17. The summed E-state index contributed by atoms with van der Waals surface area (Å²) in [5.74, 6) is -0.369. The Kier molecular flexibility index (Phi) is 6.21. The minimum atomic E-state index is -0.355. The molecule has 0 fully saturated rings. The molecule has 4 nitrogen and oxygen atoms in total. The molecule has 162 valence electrons. The van der Waals surface area contributed by atoms with Crippen molar-refractivity contribution in [2.75, 3.05) is 6.54 Å². The van der Waals surface area contributed by atoms with E-state index in [1.54, 1.807) is 42.5 Å². The third kappa shape index (κ3) is 4.80. The smallest absolute Gasteiger partial charge is 0.251 e. The second kappa shape index (κ2) is 9.22. The van der Waals surface area contributed by atoms with E-state index >= 15 is 0 Å². The van der Waals surface area contributed by atoms with Crippen molar-refractivity contribution in [3.8, 4) is 22.5 Å². The largest absolute Gasteiger partial charge is 0.352 e. The second-order valence-electron chi connectivity index (χ2n) is 8.08. The summed E-state index contributed by atoms with van der Waals surface area (Å²) in [7, 11) is 0. The van der Waals surface area contributed by atoms with Crippen molar-refractivity contribution in [1.82, 2.24) is 15.3 Å². The van der Waals surface area contributed by atoms with Crippen LogP contribution < -0.4 is 5.32 Å². The lowest BCUT2D eigenvalue weighted by molar-refractivity contribution is 0.0952. The van der Waals surface area contributed by atoms with Crippen LogP contribution in [-0.4, -0.2) is 22.4 Å². The molecule has 1 amide bonds. The van der Waals surface area contributed by atoms with Crippen LogP contribution >= 0.6 is 0 Å². The molecule has 0 bridgehead atoms. The third-order valence-electron chi connectivity index (χ3n) is 5.17. The normalized spacial score (nSPS) is 11.2. The highest BCUT2D eigenvalue weighted by Crippen LogP contribution is 2.31. The zero-order chi connectivity index (χ0) is 22.7. The fraction of sp³-hybridized carbons (Fsp3) is 0.192. The van der Waals surface area contributed by atoms with Crippen molar-refractivity contribution >= 4 is 16.9 Å². The molecule has 0 atom stereocenters. The summed E-state index contributed by atoms with van der Waals surface area (Å²) in [6.45, 7) is 4.81. The number of carbonyl (C=O) groups excluding carboxylic acids is 1. The Bertz CT molecular complexity index is 1250. The number of aromatic nitrogens is 2. The lowest BCUT2D eigenvalue weighted by Gasteiger charge is -2.12. The van der Waals surface area contributed by atoms with E-state index in [-0.39, 0.29) is 17.5 Å². The Morgan fingerprint density at radius 1 is 0.812 bits per heavy atom. The molecule has 4 rings (SSSR count). The van der Waals surface area contributed by atoms with Crippen LogP contribution in [0.1, 0.15) is 30.6 Å². The number of fused-ring (bicyclic) bond motifs is 1. The molecule has 0 saturated heterocycles. The van der Waals surface area contributed by atoms with Crippen LogP contribution in [0.15, 0.2) is 66.7 Å². The fourth-order valence-corrected chi connectivity index (χ4v) is 3.39. The van der Waals surface area contributed by atoms with Crippen LogP contribution in [0.4, 0.5) is 8.78 Å². The number of halogens is 2. The van der Waals surface area contributed by atoms with Crippen LogP contribution in [-0.2, 0) is 0 Å². The van der Waals surface area contributed by atoms with Gasteiger partial charge in [-0.1, -0.05) is 13.8 Å². The maximum atomic E-state index is 13.5. The molecule has 0 unspecified atom stereocenters. The summed E-state index contributed by atoms with van der Waals surface area (Å²) in [6.07, 6.45) is 0.898. The summed E-state index contributed by atoms with van der Waals surface area (Å²) in [5.41, 5.74) is 4.10. The lowest BCUT2D eigenvalue weighted by Crippen LogP contribution is -2.25. The zero-order valence-corrected chi connectivity index (χ0v) is 17.9. The van der Waals surface area contributed by atoms with Gasteiger partial charge in [-0.2, -0.15) is 0 Å². The summed E-state index contributed by atoms with van der Waals surface area (Å²) in [6, 6.07) is 17.1. The standard InChI is InChI=1S/C26H23F2N3O/c1-16(2)13-14-29-26(32)19-7-12-22-23(15-19)31-25(18-5-10-21(28)11-6-18)24(30-22)17-3-8-20(27)9-4-17/h3-12,15-16H,13-14H2,1-2H3,(H,29,32). The number of benzene rings is 3. The van der Waals surface area contributed by atoms with Crippen LogP contribution in [0, 0.1) is 17.6 Å². The predicted octanol–water partition coefficient (Wildman–Crippen LogP) is 6.02. The van der Waals surface area contributed by atoms with Crippen molar-refractivity contribution in [2.24, 2.45) is 5.92 Å². The van der Waals surface area contributed by atoms with E-state index in [0.29, 0.717) is 51.6 Å². The fourth-order valence-electron chi connectivity index (χ4n) is 3.39. The number of carbonyl (C=O) groups is 1. The van der Waals surface area contributed by atoms with Gasteiger partial charge in [0, 0.05) is 23.2 Å². The predicted molar refractivity (Wildman–Crippen MR) is 122 cm³/mol. The van der Waals surface area contributed by atoms with E-state index in [0.717, 1.165) is 6.42 Å². The summed E-state index contributed by atoms with van der Waals surface area (Å²) in [4.78, 5) is 22.1. The van der Waals surface area contributed by atoms with Gasteiger partial charge in [-0.15, -0.1) is 0 Å². The Labute approximate surface area is 185 Å². The number of hydrogen-bond donors (Lipinski definition) is 1. The SMILES string of the molecule is CC(C)CCNC(=O)c1ccc2nc(-c3ccc(F)cc3)c(-c3ccc(F)cc3)nc2c1. The van der Waals surface area contributed by atoms with Gasteiger partial charge in [0.05, 0.1) is 22.4 Å². The molecule has 6 heteroatoms. The van der Waals surface area contributed by atoms with E-state index < -0.39 is 0 Å². The highest BCUT2D eigenvalue weighted by molar-refractivity contribution is 5.98. The van der Waals surface area contributed by atoms with Gasteiger partial charge in [-0.25, -0.2) is 18.7 Å². The maximum Gasteiger partial charge on any atom is 0.251 e. The van der Waals surface area contributed by atoms with E-state index in [9.17, 15) is 13.6 Å². The van der Waals surface area contributed by atoms with Crippen LogP contribution in [0.25, 0.3) is 33.5 Å².